The van der Waals surface area contributed by atoms with Gasteiger partial charge in [0.1, 0.15) is 5.75 Å². The topological polar surface area (TPSA) is 26.3 Å². The molecule has 1 atom stereocenters. The van der Waals surface area contributed by atoms with E-state index in [1.54, 1.807) is 18.2 Å². The van der Waals surface area contributed by atoms with Gasteiger partial charge in [-0.05, 0) is 34.6 Å². The monoisotopic (exact) mass is 306 g/mol. The Balaban J connectivity index is 1.93. The molecule has 0 heterocycles. The third kappa shape index (κ3) is 3.08. The molecule has 0 bridgehead atoms. The maximum Gasteiger partial charge on any atom is 0.344 e. The van der Waals surface area contributed by atoms with Crippen molar-refractivity contribution in [1.82, 2.24) is 0 Å². The van der Waals surface area contributed by atoms with Crippen molar-refractivity contribution >= 4 is 20.5 Å². The summed E-state index contributed by atoms with van der Waals surface area (Å²) in [5.74, 6) is 0.191. The van der Waals surface area contributed by atoms with E-state index in [9.17, 15) is 4.79 Å². The van der Waals surface area contributed by atoms with E-state index >= 15 is 0 Å². The molecule has 1 unspecified atom stereocenters. The SMILES string of the molecule is O=C(Oc1ccccc1)c1cccc(-c2ccccc2)c1P. The highest BCUT2D eigenvalue weighted by Gasteiger charge is 2.14. The average Bonchev–Trinajstić information content (AvgIpc) is 2.56. The van der Waals surface area contributed by atoms with Crippen molar-refractivity contribution in [1.29, 1.82) is 0 Å². The molecule has 0 saturated carbocycles. The first kappa shape index (κ1) is 14.5. The number of esters is 1. The zero-order chi connectivity index (χ0) is 15.4. The van der Waals surface area contributed by atoms with Crippen LogP contribution in [0.25, 0.3) is 11.1 Å². The lowest BCUT2D eigenvalue weighted by atomic mass is 10.0. The van der Waals surface area contributed by atoms with Crippen LogP contribution in [-0.4, -0.2) is 5.97 Å². The second-order valence-electron chi connectivity index (χ2n) is 4.84. The van der Waals surface area contributed by atoms with E-state index in [1.807, 2.05) is 60.7 Å². The normalized spacial score (nSPS) is 10.2. The number of carbonyl (C=O) groups excluding carboxylic acids is 1. The maximum absolute atomic E-state index is 12.4. The van der Waals surface area contributed by atoms with Gasteiger partial charge in [0.2, 0.25) is 0 Å². The minimum Gasteiger partial charge on any atom is -0.423 e. The molecule has 0 saturated heterocycles. The Morgan fingerprint density at radius 1 is 0.773 bits per heavy atom. The lowest BCUT2D eigenvalue weighted by Gasteiger charge is -2.11. The first-order valence-electron chi connectivity index (χ1n) is 6.97. The smallest absolute Gasteiger partial charge is 0.344 e. The quantitative estimate of drug-likeness (QED) is 0.414. The number of rotatable bonds is 3. The first-order valence-corrected chi connectivity index (χ1v) is 7.54. The van der Waals surface area contributed by atoms with Gasteiger partial charge in [-0.3, -0.25) is 0 Å². The Hall–Kier alpha value is -2.44. The van der Waals surface area contributed by atoms with Crippen LogP contribution >= 0.6 is 9.24 Å². The second kappa shape index (κ2) is 6.55. The fourth-order valence-electron chi connectivity index (χ4n) is 2.26. The molecule has 3 aromatic rings. The molecule has 0 aliphatic carbocycles. The number of para-hydroxylation sites is 1. The molecular weight excluding hydrogens is 291 g/mol. The van der Waals surface area contributed by atoms with E-state index in [2.05, 4.69) is 9.24 Å². The summed E-state index contributed by atoms with van der Waals surface area (Å²) in [7, 11) is 2.65. The van der Waals surface area contributed by atoms with Gasteiger partial charge in [0.15, 0.2) is 0 Å². The van der Waals surface area contributed by atoms with E-state index < -0.39 is 0 Å². The minimum atomic E-state index is -0.353. The summed E-state index contributed by atoms with van der Waals surface area (Å²) in [6, 6.07) is 24.7. The highest BCUT2D eigenvalue weighted by molar-refractivity contribution is 7.28. The van der Waals surface area contributed by atoms with Crippen molar-refractivity contribution in [3.05, 3.63) is 84.4 Å². The van der Waals surface area contributed by atoms with Crippen LogP contribution in [0, 0.1) is 0 Å². The maximum atomic E-state index is 12.4. The van der Waals surface area contributed by atoms with Crippen molar-refractivity contribution in [2.75, 3.05) is 0 Å². The van der Waals surface area contributed by atoms with Crippen LogP contribution in [0.2, 0.25) is 0 Å². The molecule has 0 aliphatic heterocycles. The largest absolute Gasteiger partial charge is 0.423 e. The number of carbonyl (C=O) groups is 1. The van der Waals surface area contributed by atoms with Crippen LogP contribution in [0.1, 0.15) is 10.4 Å². The number of ether oxygens (including phenoxy) is 1. The highest BCUT2D eigenvalue weighted by Crippen LogP contribution is 2.21. The van der Waals surface area contributed by atoms with Gasteiger partial charge in [0.25, 0.3) is 0 Å². The van der Waals surface area contributed by atoms with Gasteiger partial charge in [0.05, 0.1) is 5.56 Å². The summed E-state index contributed by atoms with van der Waals surface area (Å²) in [5.41, 5.74) is 2.63. The summed E-state index contributed by atoms with van der Waals surface area (Å²) >= 11 is 0. The van der Waals surface area contributed by atoms with Crippen LogP contribution in [0.4, 0.5) is 0 Å². The molecule has 0 N–H and O–H groups in total. The van der Waals surface area contributed by atoms with E-state index in [1.165, 1.54) is 0 Å². The first-order chi connectivity index (χ1) is 10.8. The summed E-state index contributed by atoms with van der Waals surface area (Å²) in [5, 5.41) is 0.842. The fraction of sp³-hybridized carbons (Fsp3) is 0. The number of benzene rings is 3. The predicted molar refractivity (Wildman–Crippen MR) is 92.6 cm³/mol. The van der Waals surface area contributed by atoms with Gasteiger partial charge in [-0.1, -0.05) is 60.7 Å². The second-order valence-corrected chi connectivity index (χ2v) is 5.41. The van der Waals surface area contributed by atoms with Gasteiger partial charge in [-0.15, -0.1) is 9.24 Å². The summed E-state index contributed by atoms with van der Waals surface area (Å²) < 4.78 is 5.42. The molecular formula is C19H15O2P. The average molecular weight is 306 g/mol. The molecule has 3 heteroatoms. The molecule has 3 aromatic carbocycles. The van der Waals surface area contributed by atoms with Crippen molar-refractivity contribution in [2.24, 2.45) is 0 Å². The van der Waals surface area contributed by atoms with Crippen molar-refractivity contribution in [2.45, 2.75) is 0 Å². The van der Waals surface area contributed by atoms with Gasteiger partial charge < -0.3 is 4.74 Å². The lowest BCUT2D eigenvalue weighted by molar-refractivity contribution is 0.0736. The third-order valence-corrected chi connectivity index (χ3v) is 3.99. The molecule has 0 aromatic heterocycles. The highest BCUT2D eigenvalue weighted by atomic mass is 31.0. The Kier molecular flexibility index (Phi) is 4.32. The zero-order valence-corrected chi connectivity index (χ0v) is 13.1. The Labute approximate surface area is 132 Å². The minimum absolute atomic E-state index is 0.353. The van der Waals surface area contributed by atoms with Crippen molar-refractivity contribution < 1.29 is 9.53 Å². The fourth-order valence-corrected chi connectivity index (χ4v) is 2.74. The molecule has 0 radical (unpaired) electrons. The van der Waals surface area contributed by atoms with Crippen LogP contribution in [0.5, 0.6) is 5.75 Å². The molecule has 0 fully saturated rings. The van der Waals surface area contributed by atoms with E-state index in [4.69, 9.17) is 4.74 Å². The molecule has 3 rings (SSSR count). The number of hydrogen-bond donors (Lipinski definition) is 0. The van der Waals surface area contributed by atoms with Crippen LogP contribution in [0.3, 0.4) is 0 Å². The van der Waals surface area contributed by atoms with Crippen molar-refractivity contribution in [3.8, 4) is 16.9 Å². The predicted octanol–water partition coefficient (Wildman–Crippen LogP) is 4.07. The Morgan fingerprint density at radius 2 is 1.41 bits per heavy atom. The Morgan fingerprint density at radius 3 is 2.09 bits per heavy atom. The van der Waals surface area contributed by atoms with E-state index in [0.29, 0.717) is 11.3 Å². The van der Waals surface area contributed by atoms with Gasteiger partial charge in [-0.2, -0.15) is 0 Å². The van der Waals surface area contributed by atoms with Gasteiger partial charge >= 0.3 is 5.97 Å². The third-order valence-electron chi connectivity index (χ3n) is 3.36. The standard InChI is InChI=1S/C19H15O2P/c20-19(21-15-10-5-2-6-11-15)17-13-7-12-16(18(17)22)14-8-3-1-4-9-14/h1-13H,22H2. The molecule has 22 heavy (non-hydrogen) atoms. The molecule has 0 spiro atoms. The van der Waals surface area contributed by atoms with Crippen LogP contribution in [-0.2, 0) is 0 Å². The van der Waals surface area contributed by atoms with Gasteiger partial charge in [0, 0.05) is 0 Å². The lowest BCUT2D eigenvalue weighted by Crippen LogP contribution is -2.17. The van der Waals surface area contributed by atoms with Gasteiger partial charge in [-0.25, -0.2) is 4.79 Å². The molecule has 0 aliphatic rings. The summed E-state index contributed by atoms with van der Waals surface area (Å²) in [6.07, 6.45) is 0. The van der Waals surface area contributed by atoms with Crippen LogP contribution < -0.4 is 10.0 Å². The molecule has 0 amide bonds. The Bertz CT molecular complexity index is 783. The number of hydrogen-bond acceptors (Lipinski definition) is 2. The summed E-state index contributed by atoms with van der Waals surface area (Å²) in [4.78, 5) is 12.4. The zero-order valence-electron chi connectivity index (χ0n) is 11.9. The molecule has 108 valence electrons. The van der Waals surface area contributed by atoms with Crippen LogP contribution in [0.15, 0.2) is 78.9 Å². The molecule has 2 nitrogen and oxygen atoms in total. The van der Waals surface area contributed by atoms with Crippen molar-refractivity contribution in [3.63, 3.8) is 0 Å². The van der Waals surface area contributed by atoms with E-state index in [0.717, 1.165) is 16.4 Å². The summed E-state index contributed by atoms with van der Waals surface area (Å²) in [6.45, 7) is 0. The van der Waals surface area contributed by atoms with E-state index in [-0.39, 0.29) is 5.97 Å².